The summed E-state index contributed by atoms with van der Waals surface area (Å²) in [5, 5.41) is 15.2. The van der Waals surface area contributed by atoms with Gasteiger partial charge in [-0.1, -0.05) is 51.3 Å². The number of anilines is 1. The number of carbonyl (C=O) groups excluding carboxylic acids is 3. The molecule has 0 aliphatic carbocycles. The van der Waals surface area contributed by atoms with Crippen LogP contribution in [0.2, 0.25) is 0 Å². The van der Waals surface area contributed by atoms with Gasteiger partial charge in [-0.2, -0.15) is 0 Å². The molecule has 4 unspecified atom stereocenters. The highest BCUT2D eigenvalue weighted by Crippen LogP contribution is 2.65. The van der Waals surface area contributed by atoms with Gasteiger partial charge in [0.1, 0.15) is 11.6 Å². The van der Waals surface area contributed by atoms with Crippen molar-refractivity contribution >= 4 is 23.4 Å². The monoisotopic (exact) mass is 513 g/mol. The second-order valence-electron chi connectivity index (χ2n) is 11.4. The van der Waals surface area contributed by atoms with E-state index in [1.54, 1.807) is 4.90 Å². The number of carbonyl (C=O) groups is 3. The van der Waals surface area contributed by atoms with E-state index in [1.807, 2.05) is 44.2 Å². The number of fused-ring (bicyclic) bond motifs is 1. The molecule has 3 aliphatic rings. The minimum absolute atomic E-state index is 0.0101. The summed E-state index contributed by atoms with van der Waals surface area (Å²) in [5.41, 5.74) is -1.18. The van der Waals surface area contributed by atoms with Crippen molar-refractivity contribution < 1.29 is 24.2 Å². The first-order chi connectivity index (χ1) is 17.7. The van der Waals surface area contributed by atoms with Crippen molar-refractivity contribution in [1.29, 1.82) is 0 Å². The summed E-state index contributed by atoms with van der Waals surface area (Å²) < 4.78 is 6.76. The van der Waals surface area contributed by atoms with Gasteiger partial charge in [0.2, 0.25) is 17.7 Å². The minimum Gasteiger partial charge on any atom is -0.396 e. The van der Waals surface area contributed by atoms with Gasteiger partial charge in [-0.25, -0.2) is 0 Å². The van der Waals surface area contributed by atoms with Gasteiger partial charge in [-0.05, 0) is 57.6 Å². The Bertz CT molecular complexity index is 987. The van der Waals surface area contributed by atoms with Crippen LogP contribution in [0.5, 0.6) is 0 Å². The Balaban J connectivity index is 1.66. The number of aliphatic hydroxyl groups is 1. The summed E-state index contributed by atoms with van der Waals surface area (Å²) in [6.45, 7) is 8.64. The van der Waals surface area contributed by atoms with Crippen molar-refractivity contribution in [3.63, 3.8) is 0 Å². The lowest BCUT2D eigenvalue weighted by Crippen LogP contribution is -2.57. The maximum atomic E-state index is 14.1. The third-order valence-electron chi connectivity index (χ3n) is 8.80. The number of rotatable bonds is 12. The van der Waals surface area contributed by atoms with Gasteiger partial charge >= 0.3 is 0 Å². The standard InChI is InChI=1S/C29H43N3O5/c1-5-13-20(3)30-26(35)24-29-18-19(2)28(4,37-29)22(25(34)31-21-14-9-8-10-15-21)23(29)27(36)32(24)16-11-6-7-12-17-33/h8-10,14-15,19-20,22-24,33H,5-7,11-13,16-18H2,1-4H3,(H,30,35)(H,31,34)/t19?,20?,22-,23+,24?,28+,29?/m1/s1. The number of benzene rings is 1. The molecule has 3 fully saturated rings. The van der Waals surface area contributed by atoms with Gasteiger partial charge in [0.05, 0.1) is 17.4 Å². The molecule has 8 heteroatoms. The van der Waals surface area contributed by atoms with Crippen LogP contribution in [0.4, 0.5) is 5.69 Å². The van der Waals surface area contributed by atoms with Gasteiger partial charge in [0.15, 0.2) is 0 Å². The van der Waals surface area contributed by atoms with E-state index in [0.717, 1.165) is 38.5 Å². The molecule has 204 valence electrons. The summed E-state index contributed by atoms with van der Waals surface area (Å²) in [6, 6.07) is 8.48. The molecule has 1 aromatic carbocycles. The molecule has 1 spiro atoms. The highest BCUT2D eigenvalue weighted by molar-refractivity contribution is 6.02. The van der Waals surface area contributed by atoms with Crippen LogP contribution in [0, 0.1) is 17.8 Å². The summed E-state index contributed by atoms with van der Waals surface area (Å²) in [4.78, 5) is 43.3. The average molecular weight is 514 g/mol. The Morgan fingerprint density at radius 3 is 2.54 bits per heavy atom. The predicted molar refractivity (Wildman–Crippen MR) is 142 cm³/mol. The largest absolute Gasteiger partial charge is 0.396 e. The first-order valence-electron chi connectivity index (χ1n) is 14.0. The van der Waals surface area contributed by atoms with E-state index in [-0.39, 0.29) is 36.3 Å². The molecule has 3 aliphatic heterocycles. The number of ether oxygens (including phenoxy) is 1. The SMILES string of the molecule is CCCC(C)NC(=O)C1N(CCCCCCO)C(=O)[C@@H]2[C@H](C(=O)Nc3ccccc3)[C@@]3(C)OC12CC3C. The molecule has 3 heterocycles. The predicted octanol–water partition coefficient (Wildman–Crippen LogP) is 3.49. The maximum absolute atomic E-state index is 14.1. The van der Waals surface area contributed by atoms with Crippen molar-refractivity contribution in [2.24, 2.45) is 17.8 Å². The van der Waals surface area contributed by atoms with Crippen LogP contribution < -0.4 is 10.6 Å². The van der Waals surface area contributed by atoms with E-state index in [2.05, 4.69) is 24.5 Å². The lowest BCUT2D eigenvalue weighted by molar-refractivity contribution is -0.146. The van der Waals surface area contributed by atoms with E-state index >= 15 is 0 Å². The lowest BCUT2D eigenvalue weighted by atomic mass is 9.62. The number of hydrogen-bond acceptors (Lipinski definition) is 5. The van der Waals surface area contributed by atoms with E-state index in [0.29, 0.717) is 18.7 Å². The molecule has 0 aromatic heterocycles. The summed E-state index contributed by atoms with van der Waals surface area (Å²) in [6.07, 6.45) is 5.54. The first-order valence-corrected chi connectivity index (χ1v) is 14.0. The Morgan fingerprint density at radius 1 is 1.16 bits per heavy atom. The summed E-state index contributed by atoms with van der Waals surface area (Å²) in [5.74, 6) is -1.96. The molecular weight excluding hydrogens is 470 g/mol. The molecule has 0 radical (unpaired) electrons. The number of likely N-dealkylation sites (tertiary alicyclic amines) is 1. The fourth-order valence-corrected chi connectivity index (χ4v) is 7.00. The minimum atomic E-state index is -1.02. The quantitative estimate of drug-likeness (QED) is 0.371. The van der Waals surface area contributed by atoms with E-state index < -0.39 is 29.1 Å². The van der Waals surface area contributed by atoms with Crippen molar-refractivity contribution in [2.75, 3.05) is 18.5 Å². The van der Waals surface area contributed by atoms with E-state index in [9.17, 15) is 14.4 Å². The average Bonchev–Trinajstić information content (AvgIpc) is 3.36. The summed E-state index contributed by atoms with van der Waals surface area (Å²) >= 11 is 0. The second-order valence-corrected chi connectivity index (χ2v) is 11.4. The van der Waals surface area contributed by atoms with Gasteiger partial charge < -0.3 is 25.4 Å². The molecule has 2 bridgehead atoms. The van der Waals surface area contributed by atoms with Gasteiger partial charge in [-0.15, -0.1) is 0 Å². The molecule has 7 atom stereocenters. The number of aliphatic hydroxyl groups excluding tert-OH is 1. The molecule has 3 saturated heterocycles. The van der Waals surface area contributed by atoms with E-state index in [1.165, 1.54) is 0 Å². The zero-order valence-electron chi connectivity index (χ0n) is 22.7. The molecule has 0 saturated carbocycles. The van der Waals surface area contributed by atoms with Crippen LogP contribution in [-0.2, 0) is 19.1 Å². The molecule has 4 rings (SSSR count). The fourth-order valence-electron chi connectivity index (χ4n) is 7.00. The highest BCUT2D eigenvalue weighted by Gasteiger charge is 2.79. The normalized spacial score (nSPS) is 32.9. The number of nitrogens with one attached hydrogen (secondary N) is 2. The van der Waals surface area contributed by atoms with Crippen LogP contribution in [0.15, 0.2) is 30.3 Å². The number of nitrogens with zero attached hydrogens (tertiary/aromatic N) is 1. The second kappa shape index (κ2) is 11.1. The van der Waals surface area contributed by atoms with Crippen molar-refractivity contribution in [3.8, 4) is 0 Å². The Morgan fingerprint density at radius 2 is 1.86 bits per heavy atom. The number of amides is 3. The maximum Gasteiger partial charge on any atom is 0.246 e. The van der Waals surface area contributed by atoms with Gasteiger partial charge in [0.25, 0.3) is 0 Å². The van der Waals surface area contributed by atoms with Crippen molar-refractivity contribution in [1.82, 2.24) is 10.2 Å². The highest BCUT2D eigenvalue weighted by atomic mass is 16.5. The third kappa shape index (κ3) is 4.90. The van der Waals surface area contributed by atoms with Gasteiger partial charge in [-0.3, -0.25) is 14.4 Å². The van der Waals surface area contributed by atoms with Gasteiger partial charge in [0, 0.05) is 24.9 Å². The Hall–Kier alpha value is -2.45. The Labute approximate surface area is 220 Å². The zero-order valence-corrected chi connectivity index (χ0v) is 22.7. The molecular formula is C29H43N3O5. The number of hydrogen-bond donors (Lipinski definition) is 3. The van der Waals surface area contributed by atoms with Crippen molar-refractivity contribution in [2.45, 2.75) is 95.9 Å². The van der Waals surface area contributed by atoms with Crippen LogP contribution >= 0.6 is 0 Å². The van der Waals surface area contributed by atoms with Crippen LogP contribution in [0.3, 0.4) is 0 Å². The lowest BCUT2D eigenvalue weighted by Gasteiger charge is -2.36. The number of unbranched alkanes of at least 4 members (excludes halogenated alkanes) is 3. The first kappa shape index (κ1) is 27.6. The summed E-state index contributed by atoms with van der Waals surface area (Å²) in [7, 11) is 0. The Kier molecular flexibility index (Phi) is 8.29. The van der Waals surface area contributed by atoms with Crippen LogP contribution in [0.25, 0.3) is 0 Å². The zero-order chi connectivity index (χ0) is 26.8. The van der Waals surface area contributed by atoms with E-state index in [4.69, 9.17) is 9.84 Å². The molecule has 3 amide bonds. The topological polar surface area (TPSA) is 108 Å². The molecule has 37 heavy (non-hydrogen) atoms. The van der Waals surface area contributed by atoms with Crippen LogP contribution in [-0.4, -0.2) is 64.2 Å². The molecule has 3 N–H and O–H groups in total. The van der Waals surface area contributed by atoms with Crippen molar-refractivity contribution in [3.05, 3.63) is 30.3 Å². The number of para-hydroxylation sites is 1. The fraction of sp³-hybridized carbons (Fsp3) is 0.690. The molecule has 1 aromatic rings. The van der Waals surface area contributed by atoms with Crippen LogP contribution in [0.1, 0.15) is 72.6 Å². The smallest absolute Gasteiger partial charge is 0.246 e. The molecule has 8 nitrogen and oxygen atoms in total. The third-order valence-corrected chi connectivity index (χ3v) is 8.80.